The summed E-state index contributed by atoms with van der Waals surface area (Å²) in [7, 11) is 0. The van der Waals surface area contributed by atoms with Crippen molar-refractivity contribution in [3.05, 3.63) is 102 Å². The van der Waals surface area contributed by atoms with Crippen molar-refractivity contribution in [3.63, 3.8) is 0 Å². The van der Waals surface area contributed by atoms with E-state index < -0.39 is 0 Å². The van der Waals surface area contributed by atoms with Crippen LogP contribution in [0.2, 0.25) is 0 Å². The molecule has 5 nitrogen and oxygen atoms in total. The number of carbonyl (C=O) groups excluding carboxylic acids is 1. The summed E-state index contributed by atoms with van der Waals surface area (Å²) in [5.41, 5.74) is 4.15. The number of benzene rings is 3. The van der Waals surface area contributed by atoms with E-state index in [1.807, 2.05) is 104 Å². The van der Waals surface area contributed by atoms with Crippen LogP contribution in [0.1, 0.15) is 23.6 Å². The van der Waals surface area contributed by atoms with E-state index in [1.54, 1.807) is 0 Å². The summed E-state index contributed by atoms with van der Waals surface area (Å²) in [5, 5.41) is 8.36. The summed E-state index contributed by atoms with van der Waals surface area (Å²) in [4.78, 5) is 15.3. The predicted molar refractivity (Wildman–Crippen MR) is 127 cm³/mol. The second-order valence-electron chi connectivity index (χ2n) is 7.61. The van der Waals surface area contributed by atoms with Gasteiger partial charge >= 0.3 is 0 Å². The Morgan fingerprint density at radius 3 is 2.03 bits per heavy atom. The molecule has 3 aromatic carbocycles. The van der Waals surface area contributed by atoms with Gasteiger partial charge < -0.3 is 9.32 Å². The molecule has 0 saturated carbocycles. The average Bonchev–Trinajstić information content (AvgIpc) is 3.28. The van der Waals surface area contributed by atoms with E-state index in [4.69, 9.17) is 4.42 Å². The number of nitrogens with zero attached hydrogens (tertiary/aromatic N) is 3. The number of aryl methyl sites for hydroxylation is 1. The number of hydrogen-bond acceptors (Lipinski definition) is 5. The second kappa shape index (κ2) is 10.3. The van der Waals surface area contributed by atoms with E-state index in [9.17, 15) is 4.79 Å². The Morgan fingerprint density at radius 2 is 1.44 bits per heavy atom. The van der Waals surface area contributed by atoms with Crippen LogP contribution < -0.4 is 0 Å². The minimum absolute atomic E-state index is 0.0262. The molecule has 6 heteroatoms. The van der Waals surface area contributed by atoms with Gasteiger partial charge in [-0.15, -0.1) is 10.2 Å². The molecule has 1 unspecified atom stereocenters. The van der Waals surface area contributed by atoms with Crippen molar-refractivity contribution in [1.29, 1.82) is 0 Å². The topological polar surface area (TPSA) is 59.2 Å². The van der Waals surface area contributed by atoms with Crippen LogP contribution in [0, 0.1) is 6.92 Å². The quantitative estimate of drug-likeness (QED) is 0.324. The summed E-state index contributed by atoms with van der Waals surface area (Å²) in [6.45, 7) is 4.96. The molecule has 32 heavy (non-hydrogen) atoms. The van der Waals surface area contributed by atoms with Crippen LogP contribution >= 0.6 is 11.8 Å². The van der Waals surface area contributed by atoms with E-state index >= 15 is 0 Å². The molecule has 1 heterocycles. The molecule has 0 fully saturated rings. The lowest BCUT2D eigenvalue weighted by molar-refractivity contribution is -0.131. The van der Waals surface area contributed by atoms with Crippen molar-refractivity contribution in [3.8, 4) is 11.5 Å². The third kappa shape index (κ3) is 5.45. The van der Waals surface area contributed by atoms with Crippen LogP contribution in [0.4, 0.5) is 0 Å². The van der Waals surface area contributed by atoms with Gasteiger partial charge in [-0.05, 0) is 36.6 Å². The maximum Gasteiger partial charge on any atom is 0.277 e. The van der Waals surface area contributed by atoms with Gasteiger partial charge in [0.05, 0.1) is 5.25 Å². The molecule has 1 atom stereocenters. The summed E-state index contributed by atoms with van der Waals surface area (Å²) in [6.07, 6.45) is 0. The highest BCUT2D eigenvalue weighted by atomic mass is 32.2. The normalized spacial score (nSPS) is 11.8. The molecule has 1 aromatic heterocycles. The van der Waals surface area contributed by atoms with Gasteiger partial charge in [-0.25, -0.2) is 0 Å². The summed E-state index contributed by atoms with van der Waals surface area (Å²) < 4.78 is 5.86. The van der Waals surface area contributed by atoms with Crippen molar-refractivity contribution in [2.45, 2.75) is 37.4 Å². The summed E-state index contributed by atoms with van der Waals surface area (Å²) in [5.74, 6) is 0.494. The molecular weight excluding hydrogens is 418 g/mol. The minimum atomic E-state index is -0.368. The van der Waals surface area contributed by atoms with Gasteiger partial charge in [-0.2, -0.15) is 0 Å². The zero-order chi connectivity index (χ0) is 22.3. The Balaban J connectivity index is 1.49. The predicted octanol–water partition coefficient (Wildman–Crippen LogP) is 5.75. The first-order valence-electron chi connectivity index (χ1n) is 10.5. The van der Waals surface area contributed by atoms with Crippen LogP contribution in [0.25, 0.3) is 11.5 Å². The molecule has 0 aliphatic rings. The van der Waals surface area contributed by atoms with Gasteiger partial charge in [0.15, 0.2) is 0 Å². The molecule has 0 radical (unpaired) electrons. The summed E-state index contributed by atoms with van der Waals surface area (Å²) >= 11 is 1.29. The minimum Gasteiger partial charge on any atom is -0.411 e. The van der Waals surface area contributed by atoms with E-state index in [-0.39, 0.29) is 11.2 Å². The Kier molecular flexibility index (Phi) is 7.02. The second-order valence-corrected chi connectivity index (χ2v) is 8.91. The molecule has 0 aliphatic carbocycles. The van der Waals surface area contributed by atoms with Crippen molar-refractivity contribution in [2.75, 3.05) is 0 Å². The molecular formula is C26H25N3O2S. The Hall–Kier alpha value is -3.38. The van der Waals surface area contributed by atoms with Crippen LogP contribution in [0.3, 0.4) is 0 Å². The fraction of sp³-hybridized carbons (Fsp3) is 0.192. The van der Waals surface area contributed by atoms with Crippen LogP contribution in [0.5, 0.6) is 0 Å². The zero-order valence-corrected chi connectivity index (χ0v) is 19.0. The fourth-order valence-corrected chi connectivity index (χ4v) is 4.22. The zero-order valence-electron chi connectivity index (χ0n) is 18.1. The third-order valence-corrected chi connectivity index (χ3v) is 6.07. The van der Waals surface area contributed by atoms with Gasteiger partial charge in [0.1, 0.15) is 0 Å². The van der Waals surface area contributed by atoms with Crippen molar-refractivity contribution in [2.24, 2.45) is 0 Å². The number of rotatable bonds is 8. The molecule has 1 amide bonds. The van der Waals surface area contributed by atoms with Crippen LogP contribution in [-0.2, 0) is 17.9 Å². The van der Waals surface area contributed by atoms with Crippen molar-refractivity contribution in [1.82, 2.24) is 15.1 Å². The fourth-order valence-electron chi connectivity index (χ4n) is 3.46. The first kappa shape index (κ1) is 21.8. The average molecular weight is 444 g/mol. The number of aromatic nitrogens is 2. The molecule has 4 aromatic rings. The van der Waals surface area contributed by atoms with Gasteiger partial charge in [-0.1, -0.05) is 90.6 Å². The first-order chi connectivity index (χ1) is 15.6. The standard InChI is InChI=1S/C26H25N3O2S/c1-19-11-9-10-16-23(19)24-27-28-26(31-24)32-20(2)25(30)29(17-21-12-5-3-6-13-21)18-22-14-7-4-8-15-22/h3-16,20H,17-18H2,1-2H3. The largest absolute Gasteiger partial charge is 0.411 e. The van der Waals surface area contributed by atoms with Gasteiger partial charge in [-0.3, -0.25) is 4.79 Å². The molecule has 0 saturated heterocycles. The van der Waals surface area contributed by atoms with Crippen molar-refractivity contribution >= 4 is 17.7 Å². The Morgan fingerprint density at radius 1 is 0.875 bits per heavy atom. The molecule has 0 spiro atoms. The monoisotopic (exact) mass is 443 g/mol. The summed E-state index contributed by atoms with van der Waals surface area (Å²) in [6, 6.07) is 27.9. The van der Waals surface area contributed by atoms with Crippen LogP contribution in [-0.4, -0.2) is 26.3 Å². The maximum atomic E-state index is 13.4. The van der Waals surface area contributed by atoms with E-state index in [2.05, 4.69) is 10.2 Å². The molecule has 4 rings (SSSR count). The van der Waals surface area contributed by atoms with E-state index in [0.717, 1.165) is 22.3 Å². The number of carbonyl (C=O) groups is 1. The first-order valence-corrected chi connectivity index (χ1v) is 11.4. The highest BCUT2D eigenvalue weighted by Gasteiger charge is 2.24. The number of hydrogen-bond donors (Lipinski definition) is 0. The molecule has 0 bridgehead atoms. The lowest BCUT2D eigenvalue weighted by atomic mass is 10.1. The smallest absolute Gasteiger partial charge is 0.277 e. The highest BCUT2D eigenvalue weighted by molar-refractivity contribution is 8.00. The van der Waals surface area contributed by atoms with E-state index in [1.165, 1.54) is 11.8 Å². The SMILES string of the molecule is Cc1ccccc1-c1nnc(SC(C)C(=O)N(Cc2ccccc2)Cc2ccccc2)o1. The lowest BCUT2D eigenvalue weighted by Crippen LogP contribution is -2.35. The van der Waals surface area contributed by atoms with Gasteiger partial charge in [0, 0.05) is 18.7 Å². The van der Waals surface area contributed by atoms with Crippen LogP contribution in [0.15, 0.2) is 94.6 Å². The van der Waals surface area contributed by atoms with Gasteiger partial charge in [0.2, 0.25) is 11.8 Å². The van der Waals surface area contributed by atoms with Gasteiger partial charge in [0.25, 0.3) is 5.22 Å². The molecule has 0 aliphatic heterocycles. The van der Waals surface area contributed by atoms with Crippen molar-refractivity contribution < 1.29 is 9.21 Å². The Bertz CT molecular complexity index is 1120. The Labute approximate surface area is 192 Å². The highest BCUT2D eigenvalue weighted by Crippen LogP contribution is 2.29. The number of thioether (sulfide) groups is 1. The molecule has 162 valence electrons. The maximum absolute atomic E-state index is 13.4. The number of amides is 1. The van der Waals surface area contributed by atoms with E-state index in [0.29, 0.717) is 24.2 Å². The molecule has 0 N–H and O–H groups in total. The third-order valence-electron chi connectivity index (χ3n) is 5.15. The lowest BCUT2D eigenvalue weighted by Gasteiger charge is -2.25.